The van der Waals surface area contributed by atoms with Crippen LogP contribution in [0.25, 0.3) is 0 Å². The molecule has 3 nitrogen and oxygen atoms in total. The quantitative estimate of drug-likeness (QED) is 0.849. The van der Waals surface area contributed by atoms with Crippen LogP contribution in [0.3, 0.4) is 0 Å². The summed E-state index contributed by atoms with van der Waals surface area (Å²) in [7, 11) is 0. The summed E-state index contributed by atoms with van der Waals surface area (Å²) in [6.07, 6.45) is 5.06. The van der Waals surface area contributed by atoms with Crippen molar-refractivity contribution in [2.24, 2.45) is 0 Å². The second-order valence-electron chi connectivity index (χ2n) is 4.58. The number of fused-ring (bicyclic) bond motifs is 1. The van der Waals surface area contributed by atoms with E-state index in [-0.39, 0.29) is 0 Å². The van der Waals surface area contributed by atoms with E-state index in [1.807, 2.05) is 6.20 Å². The summed E-state index contributed by atoms with van der Waals surface area (Å²) in [6, 6.07) is 6.63. The molecule has 1 aromatic carbocycles. The van der Waals surface area contributed by atoms with Gasteiger partial charge in [0.25, 0.3) is 0 Å². The van der Waals surface area contributed by atoms with Gasteiger partial charge in [-0.3, -0.25) is 0 Å². The lowest BCUT2D eigenvalue weighted by molar-refractivity contribution is 0.632. The zero-order chi connectivity index (χ0) is 11.7. The number of aromatic nitrogens is 2. The molecule has 3 rings (SSSR count). The topological polar surface area (TPSA) is 29.9 Å². The highest BCUT2D eigenvalue weighted by Crippen LogP contribution is 2.19. The summed E-state index contributed by atoms with van der Waals surface area (Å²) >= 11 is 0. The van der Waals surface area contributed by atoms with Gasteiger partial charge in [0.05, 0.1) is 0 Å². The van der Waals surface area contributed by atoms with E-state index in [2.05, 4.69) is 46.2 Å². The van der Waals surface area contributed by atoms with E-state index in [0.29, 0.717) is 0 Å². The third-order valence-corrected chi connectivity index (χ3v) is 3.50. The Bertz CT molecular complexity index is 528. The molecule has 0 bridgehead atoms. The number of nitrogens with one attached hydrogen (secondary N) is 1. The molecular weight excluding hydrogens is 210 g/mol. The number of imidazole rings is 1. The van der Waals surface area contributed by atoms with Crippen molar-refractivity contribution < 1.29 is 0 Å². The third-order valence-electron chi connectivity index (χ3n) is 3.50. The molecule has 0 amide bonds. The Kier molecular flexibility index (Phi) is 2.69. The van der Waals surface area contributed by atoms with Gasteiger partial charge in [0.2, 0.25) is 0 Å². The molecule has 0 unspecified atom stereocenters. The first-order valence-corrected chi connectivity index (χ1v) is 6.12. The molecule has 0 atom stereocenters. The predicted molar refractivity (Wildman–Crippen MR) is 67.9 cm³/mol. The number of aryl methyl sites for hydroxylation is 1. The molecule has 1 aliphatic rings. The normalized spacial score (nSPS) is 14.6. The van der Waals surface area contributed by atoms with Gasteiger partial charge in [0, 0.05) is 25.5 Å². The SMILES string of the molecule is Cc1nccn1Cc1cccc2c1CCNC2. The Morgan fingerprint density at radius 2 is 2.35 bits per heavy atom. The standard InChI is InChI=1S/C14H17N3/c1-11-16-7-8-17(11)10-13-4-2-3-12-9-15-6-5-14(12)13/h2-4,7-8,15H,5-6,9-10H2,1H3. The van der Waals surface area contributed by atoms with Gasteiger partial charge in [0.1, 0.15) is 5.82 Å². The second kappa shape index (κ2) is 4.34. The van der Waals surface area contributed by atoms with Crippen LogP contribution >= 0.6 is 0 Å². The number of nitrogens with zero attached hydrogens (tertiary/aromatic N) is 2. The zero-order valence-corrected chi connectivity index (χ0v) is 10.1. The smallest absolute Gasteiger partial charge is 0.105 e. The van der Waals surface area contributed by atoms with E-state index in [4.69, 9.17) is 0 Å². The highest BCUT2D eigenvalue weighted by atomic mass is 15.0. The summed E-state index contributed by atoms with van der Waals surface area (Å²) < 4.78 is 2.21. The minimum Gasteiger partial charge on any atom is -0.331 e. The molecule has 17 heavy (non-hydrogen) atoms. The molecule has 3 heteroatoms. The lowest BCUT2D eigenvalue weighted by Gasteiger charge is -2.20. The molecule has 0 radical (unpaired) electrons. The fourth-order valence-corrected chi connectivity index (χ4v) is 2.51. The first-order chi connectivity index (χ1) is 8.34. The Balaban J connectivity index is 1.95. The van der Waals surface area contributed by atoms with Gasteiger partial charge in [-0.05, 0) is 36.6 Å². The maximum Gasteiger partial charge on any atom is 0.105 e. The maximum atomic E-state index is 4.28. The van der Waals surface area contributed by atoms with Crippen molar-refractivity contribution in [1.29, 1.82) is 0 Å². The van der Waals surface area contributed by atoms with Crippen LogP contribution in [0.5, 0.6) is 0 Å². The molecular formula is C14H17N3. The Labute approximate surface area is 101 Å². The van der Waals surface area contributed by atoms with E-state index in [1.54, 1.807) is 0 Å². The largest absolute Gasteiger partial charge is 0.331 e. The zero-order valence-electron chi connectivity index (χ0n) is 10.1. The lowest BCUT2D eigenvalue weighted by Crippen LogP contribution is -2.25. The lowest BCUT2D eigenvalue weighted by atomic mass is 9.95. The number of rotatable bonds is 2. The first kappa shape index (κ1) is 10.5. The predicted octanol–water partition coefficient (Wildman–Crippen LogP) is 1.89. The van der Waals surface area contributed by atoms with Gasteiger partial charge in [0.15, 0.2) is 0 Å². The summed E-state index contributed by atoms with van der Waals surface area (Å²) in [4.78, 5) is 4.28. The molecule has 0 aliphatic carbocycles. The van der Waals surface area contributed by atoms with Crippen LogP contribution in [0.1, 0.15) is 22.5 Å². The van der Waals surface area contributed by atoms with E-state index in [1.165, 1.54) is 16.7 Å². The van der Waals surface area contributed by atoms with Gasteiger partial charge in [-0.15, -0.1) is 0 Å². The molecule has 1 aliphatic heterocycles. The molecule has 88 valence electrons. The van der Waals surface area contributed by atoms with Gasteiger partial charge >= 0.3 is 0 Å². The van der Waals surface area contributed by atoms with E-state index >= 15 is 0 Å². The number of hydrogen-bond donors (Lipinski definition) is 1. The fraction of sp³-hybridized carbons (Fsp3) is 0.357. The van der Waals surface area contributed by atoms with Gasteiger partial charge in [-0.25, -0.2) is 4.98 Å². The van der Waals surface area contributed by atoms with Crippen LogP contribution in [0.15, 0.2) is 30.6 Å². The van der Waals surface area contributed by atoms with Crippen molar-refractivity contribution in [2.75, 3.05) is 6.54 Å². The van der Waals surface area contributed by atoms with Crippen molar-refractivity contribution >= 4 is 0 Å². The van der Waals surface area contributed by atoms with E-state index in [0.717, 1.165) is 31.9 Å². The summed E-state index contributed by atoms with van der Waals surface area (Å²) in [6.45, 7) is 5.09. The summed E-state index contributed by atoms with van der Waals surface area (Å²) in [5, 5.41) is 3.42. The number of benzene rings is 1. The molecule has 0 spiro atoms. The molecule has 2 heterocycles. The van der Waals surface area contributed by atoms with Crippen molar-refractivity contribution in [3.8, 4) is 0 Å². The third kappa shape index (κ3) is 1.98. The van der Waals surface area contributed by atoms with Crippen molar-refractivity contribution in [2.45, 2.75) is 26.4 Å². The van der Waals surface area contributed by atoms with Gasteiger partial charge < -0.3 is 9.88 Å². The summed E-state index contributed by atoms with van der Waals surface area (Å²) in [5.74, 6) is 1.08. The van der Waals surface area contributed by atoms with Crippen LogP contribution in [0.4, 0.5) is 0 Å². The van der Waals surface area contributed by atoms with Crippen molar-refractivity contribution in [3.63, 3.8) is 0 Å². The van der Waals surface area contributed by atoms with Gasteiger partial charge in [-0.1, -0.05) is 18.2 Å². The average molecular weight is 227 g/mol. The van der Waals surface area contributed by atoms with Crippen LogP contribution < -0.4 is 5.32 Å². The minimum atomic E-state index is 0.939. The van der Waals surface area contributed by atoms with Crippen LogP contribution in [-0.4, -0.2) is 16.1 Å². The molecule has 0 saturated carbocycles. The molecule has 2 aromatic rings. The molecule has 1 N–H and O–H groups in total. The van der Waals surface area contributed by atoms with Crippen LogP contribution in [-0.2, 0) is 19.5 Å². The van der Waals surface area contributed by atoms with Crippen molar-refractivity contribution in [3.05, 3.63) is 53.1 Å². The first-order valence-electron chi connectivity index (χ1n) is 6.12. The highest BCUT2D eigenvalue weighted by molar-refractivity contribution is 5.37. The van der Waals surface area contributed by atoms with E-state index < -0.39 is 0 Å². The van der Waals surface area contributed by atoms with Crippen molar-refractivity contribution in [1.82, 2.24) is 14.9 Å². The molecule has 1 aromatic heterocycles. The Morgan fingerprint density at radius 1 is 1.41 bits per heavy atom. The molecule has 0 fully saturated rings. The van der Waals surface area contributed by atoms with E-state index in [9.17, 15) is 0 Å². The van der Waals surface area contributed by atoms with Crippen LogP contribution in [0.2, 0.25) is 0 Å². The summed E-state index contributed by atoms with van der Waals surface area (Å²) in [5.41, 5.74) is 4.41. The van der Waals surface area contributed by atoms with Crippen LogP contribution in [0, 0.1) is 6.92 Å². The maximum absolute atomic E-state index is 4.28. The number of hydrogen-bond acceptors (Lipinski definition) is 2. The Hall–Kier alpha value is -1.61. The minimum absolute atomic E-state index is 0.939. The van der Waals surface area contributed by atoms with Gasteiger partial charge in [-0.2, -0.15) is 0 Å². The fourth-order valence-electron chi connectivity index (χ4n) is 2.51. The highest BCUT2D eigenvalue weighted by Gasteiger charge is 2.12. The molecule has 0 saturated heterocycles. The average Bonchev–Trinajstić information content (AvgIpc) is 2.76. The monoisotopic (exact) mass is 227 g/mol. The Morgan fingerprint density at radius 3 is 3.18 bits per heavy atom. The second-order valence-corrected chi connectivity index (χ2v) is 4.58.